The number of esters is 1. The van der Waals surface area contributed by atoms with Gasteiger partial charge in [-0.25, -0.2) is 9.59 Å². The number of hydrogen-bond donors (Lipinski definition) is 3. The Kier molecular flexibility index (Phi) is 7.28. The number of ether oxygens (including phenoxy) is 1. The van der Waals surface area contributed by atoms with Crippen LogP contribution >= 0.6 is 0 Å². The van der Waals surface area contributed by atoms with Gasteiger partial charge in [0.15, 0.2) is 0 Å². The minimum absolute atomic E-state index is 0.0178. The highest BCUT2D eigenvalue weighted by Gasteiger charge is 2.70. The van der Waals surface area contributed by atoms with Crippen molar-refractivity contribution in [2.75, 3.05) is 6.61 Å². The lowest BCUT2D eigenvalue weighted by Crippen LogP contribution is -2.67. The molecule has 230 valence electrons. The summed E-state index contributed by atoms with van der Waals surface area (Å²) < 4.78 is 5.19. The Morgan fingerprint density at radius 2 is 1.76 bits per heavy atom. The molecule has 0 aromatic heterocycles. The number of aliphatic hydroxyl groups excluding tert-OH is 1. The number of rotatable bonds is 6. The van der Waals surface area contributed by atoms with Gasteiger partial charge in [0.1, 0.15) is 6.61 Å². The summed E-state index contributed by atoms with van der Waals surface area (Å²) in [6.07, 6.45) is 6.70. The van der Waals surface area contributed by atoms with E-state index in [2.05, 4.69) is 12.2 Å². The highest BCUT2D eigenvalue weighted by molar-refractivity contribution is 6.01. The third-order valence-corrected chi connectivity index (χ3v) is 12.2. The van der Waals surface area contributed by atoms with Gasteiger partial charge < -0.3 is 25.1 Å². The fourth-order valence-corrected chi connectivity index (χ4v) is 9.84. The lowest BCUT2D eigenvalue weighted by molar-refractivity contribution is -0.243. The number of carbonyl (C=O) groups is 5. The first-order chi connectivity index (χ1) is 19.9. The summed E-state index contributed by atoms with van der Waals surface area (Å²) in [5, 5.41) is 27.6. The largest absolute Gasteiger partial charge is 0.458 e. The summed E-state index contributed by atoms with van der Waals surface area (Å²) in [7, 11) is 0. The molecule has 6 aliphatic rings. The molecule has 1 unspecified atom stereocenters. The van der Waals surface area contributed by atoms with Crippen molar-refractivity contribution in [3.05, 3.63) is 11.6 Å². The molecule has 0 aromatic carbocycles. The van der Waals surface area contributed by atoms with Crippen LogP contribution in [0.25, 0.3) is 0 Å². The summed E-state index contributed by atoms with van der Waals surface area (Å²) in [5.74, 6) is -2.06. The first kappa shape index (κ1) is 29.3. The number of fused-ring (bicyclic) bond motifs is 5. The van der Waals surface area contributed by atoms with Crippen LogP contribution < -0.4 is 5.32 Å². The Hall–Kier alpha value is -2.79. The van der Waals surface area contributed by atoms with Gasteiger partial charge in [-0.2, -0.15) is 0 Å². The van der Waals surface area contributed by atoms with Gasteiger partial charge in [0, 0.05) is 36.8 Å². The minimum atomic E-state index is -1.02. The van der Waals surface area contributed by atoms with Crippen LogP contribution in [-0.4, -0.2) is 69.3 Å². The number of hydroxylamine groups is 2. The SMILES string of the molecule is C[C@]12CCC(NC(=O)CCC(=O)ON3C(=O)CCC3=O)C[C@H]1CC[C@@H]1[C@@H]2C[C@@H](O)[C@]2(C)[C@@H](C3=CC(=O)OC3)CC[C@]12O. The highest BCUT2D eigenvalue weighted by atomic mass is 16.7. The van der Waals surface area contributed by atoms with E-state index in [-0.39, 0.29) is 73.4 Å². The number of imide groups is 1. The molecule has 4 aliphatic carbocycles. The van der Waals surface area contributed by atoms with E-state index in [1.54, 1.807) is 6.08 Å². The standard InChI is InChI=1S/C31H42N2O9/c1-29-11-9-19(32-24(35)5-8-27(38)42-33-25(36)6-7-26(33)37)14-18(29)3-4-21-22(29)15-23(34)30(2)20(10-12-31(21,30)40)17-13-28(39)41-16-17/h13,18-23,34,40H,3-12,14-16H2,1-2H3,(H,32,35)/t18-,19?,20-,21-,22+,23-,29+,30+,31+/m1/s1. The lowest BCUT2D eigenvalue weighted by Gasteiger charge is -2.65. The maximum absolute atomic E-state index is 12.7. The Bertz CT molecular complexity index is 1220. The second-order valence-electron chi connectivity index (χ2n) is 14.0. The third-order valence-electron chi connectivity index (χ3n) is 12.2. The maximum Gasteiger partial charge on any atom is 0.333 e. The molecule has 0 aromatic rings. The number of nitrogens with one attached hydrogen (secondary N) is 1. The molecule has 5 fully saturated rings. The van der Waals surface area contributed by atoms with Crippen LogP contribution in [0.4, 0.5) is 0 Å². The van der Waals surface area contributed by atoms with Crippen molar-refractivity contribution in [1.29, 1.82) is 0 Å². The normalized spacial score (nSPS) is 42.8. The van der Waals surface area contributed by atoms with Gasteiger partial charge in [-0.3, -0.25) is 14.4 Å². The van der Waals surface area contributed by atoms with E-state index in [0.29, 0.717) is 23.8 Å². The van der Waals surface area contributed by atoms with E-state index in [1.165, 1.54) is 0 Å². The van der Waals surface area contributed by atoms with Crippen LogP contribution in [0.2, 0.25) is 0 Å². The Labute approximate surface area is 245 Å². The van der Waals surface area contributed by atoms with E-state index in [1.807, 2.05) is 6.92 Å². The first-order valence-electron chi connectivity index (χ1n) is 15.5. The third kappa shape index (κ3) is 4.49. The van der Waals surface area contributed by atoms with Gasteiger partial charge in [-0.05, 0) is 86.0 Å². The molecule has 0 bridgehead atoms. The molecule has 11 nitrogen and oxygen atoms in total. The summed E-state index contributed by atoms with van der Waals surface area (Å²) in [6, 6.07) is -0.0329. The maximum atomic E-state index is 12.7. The van der Waals surface area contributed by atoms with Crippen molar-refractivity contribution in [1.82, 2.24) is 10.4 Å². The molecule has 3 N–H and O–H groups in total. The van der Waals surface area contributed by atoms with E-state index in [9.17, 15) is 34.2 Å². The minimum Gasteiger partial charge on any atom is -0.458 e. The summed E-state index contributed by atoms with van der Waals surface area (Å²) in [6.45, 7) is 4.54. The zero-order valence-electron chi connectivity index (χ0n) is 24.4. The van der Waals surface area contributed by atoms with Crippen LogP contribution in [0.3, 0.4) is 0 Å². The van der Waals surface area contributed by atoms with Crippen molar-refractivity contribution in [3.63, 3.8) is 0 Å². The molecule has 4 saturated carbocycles. The van der Waals surface area contributed by atoms with Crippen molar-refractivity contribution in [3.8, 4) is 0 Å². The van der Waals surface area contributed by atoms with E-state index >= 15 is 0 Å². The van der Waals surface area contributed by atoms with Crippen LogP contribution in [0.5, 0.6) is 0 Å². The predicted molar refractivity (Wildman–Crippen MR) is 145 cm³/mol. The number of hydrogen-bond acceptors (Lipinski definition) is 9. The van der Waals surface area contributed by atoms with Gasteiger partial charge in [0.2, 0.25) is 5.91 Å². The molecule has 2 aliphatic heterocycles. The molecular weight excluding hydrogens is 544 g/mol. The molecule has 42 heavy (non-hydrogen) atoms. The average molecular weight is 587 g/mol. The molecule has 3 amide bonds. The van der Waals surface area contributed by atoms with Crippen molar-refractivity contribution in [2.45, 2.75) is 109 Å². The number of carbonyl (C=O) groups excluding carboxylic acids is 5. The number of aliphatic hydroxyl groups is 2. The Morgan fingerprint density at radius 3 is 2.45 bits per heavy atom. The van der Waals surface area contributed by atoms with E-state index < -0.39 is 34.9 Å². The van der Waals surface area contributed by atoms with Crippen LogP contribution in [0, 0.1) is 34.5 Å². The monoisotopic (exact) mass is 586 g/mol. The molecule has 2 heterocycles. The lowest BCUT2D eigenvalue weighted by atomic mass is 9.42. The van der Waals surface area contributed by atoms with Crippen molar-refractivity contribution >= 4 is 29.7 Å². The Morgan fingerprint density at radius 1 is 1.02 bits per heavy atom. The van der Waals surface area contributed by atoms with Crippen LogP contribution in [0.15, 0.2) is 11.6 Å². The fraction of sp³-hybridized carbons (Fsp3) is 0.774. The summed E-state index contributed by atoms with van der Waals surface area (Å²) >= 11 is 0. The molecular formula is C31H42N2O9. The first-order valence-corrected chi connectivity index (χ1v) is 15.5. The second kappa shape index (κ2) is 10.4. The second-order valence-corrected chi connectivity index (χ2v) is 14.0. The predicted octanol–water partition coefficient (Wildman–Crippen LogP) is 2.09. The van der Waals surface area contributed by atoms with Crippen LogP contribution in [0.1, 0.15) is 90.9 Å². The van der Waals surface area contributed by atoms with Gasteiger partial charge in [0.25, 0.3) is 11.8 Å². The molecule has 0 spiro atoms. The van der Waals surface area contributed by atoms with E-state index in [4.69, 9.17) is 9.57 Å². The van der Waals surface area contributed by atoms with E-state index in [0.717, 1.165) is 44.1 Å². The van der Waals surface area contributed by atoms with Gasteiger partial charge >= 0.3 is 11.9 Å². The smallest absolute Gasteiger partial charge is 0.333 e. The van der Waals surface area contributed by atoms with Crippen LogP contribution in [-0.2, 0) is 33.5 Å². The quantitative estimate of drug-likeness (QED) is 0.313. The zero-order valence-corrected chi connectivity index (χ0v) is 24.4. The summed E-state index contributed by atoms with van der Waals surface area (Å²) in [4.78, 5) is 64.7. The van der Waals surface area contributed by atoms with Gasteiger partial charge in [-0.1, -0.05) is 13.8 Å². The molecule has 0 radical (unpaired) electrons. The molecule has 11 heteroatoms. The highest BCUT2D eigenvalue weighted by Crippen LogP contribution is 2.69. The van der Waals surface area contributed by atoms with Gasteiger partial charge in [0.05, 0.1) is 18.1 Å². The number of nitrogens with zero attached hydrogens (tertiary/aromatic N) is 1. The zero-order chi connectivity index (χ0) is 30.0. The Balaban J connectivity index is 1.07. The molecule has 1 saturated heterocycles. The van der Waals surface area contributed by atoms with Crippen molar-refractivity contribution < 1.29 is 43.8 Å². The average Bonchev–Trinajstić information content (AvgIpc) is 3.60. The topological polar surface area (TPSA) is 160 Å². The number of cyclic esters (lactones) is 1. The molecule has 9 atom stereocenters. The fourth-order valence-electron chi connectivity index (χ4n) is 9.84. The number of amides is 3. The molecule has 6 rings (SSSR count). The summed E-state index contributed by atoms with van der Waals surface area (Å²) in [5.41, 5.74) is -0.952. The van der Waals surface area contributed by atoms with Gasteiger partial charge in [-0.15, -0.1) is 5.06 Å². The van der Waals surface area contributed by atoms with Crippen molar-refractivity contribution in [2.24, 2.45) is 34.5 Å².